The molecule has 66 valence electrons. The molecule has 1 aromatic carbocycles. The summed E-state index contributed by atoms with van der Waals surface area (Å²) in [5, 5.41) is 17.7. The van der Waals surface area contributed by atoms with E-state index < -0.39 is 5.97 Å². The molecule has 4 nitrogen and oxygen atoms in total. The first-order chi connectivity index (χ1) is 5.11. The van der Waals surface area contributed by atoms with Crippen molar-refractivity contribution >= 4 is 17.6 Å². The number of phenols is 1. The second kappa shape index (κ2) is 3.94. The molecule has 5 heteroatoms. The van der Waals surface area contributed by atoms with Gasteiger partial charge in [0, 0.05) is 5.02 Å². The van der Waals surface area contributed by atoms with E-state index in [9.17, 15) is 4.79 Å². The Balaban J connectivity index is 0.00000121. The van der Waals surface area contributed by atoms with Crippen molar-refractivity contribution in [3.05, 3.63) is 28.8 Å². The van der Waals surface area contributed by atoms with Crippen LogP contribution in [0.15, 0.2) is 18.2 Å². The standard InChI is InChI=1S/C7H5ClO3.H2O/c8-4-1-2-6(9)5(3-4)7(10)11;/h1-3,9H,(H,10,11);1H2. The van der Waals surface area contributed by atoms with Crippen LogP contribution in [0.3, 0.4) is 0 Å². The summed E-state index contributed by atoms with van der Waals surface area (Å²) >= 11 is 5.49. The first-order valence-corrected chi connectivity index (χ1v) is 3.21. The number of carboxylic acids is 1. The van der Waals surface area contributed by atoms with Crippen LogP contribution in [0.2, 0.25) is 5.02 Å². The highest BCUT2D eigenvalue weighted by Gasteiger charge is 2.08. The van der Waals surface area contributed by atoms with Gasteiger partial charge in [-0.1, -0.05) is 11.6 Å². The van der Waals surface area contributed by atoms with E-state index in [0.29, 0.717) is 5.02 Å². The highest BCUT2D eigenvalue weighted by Crippen LogP contribution is 2.20. The highest BCUT2D eigenvalue weighted by atomic mass is 35.5. The molecule has 1 aromatic rings. The molecule has 0 bridgehead atoms. The Bertz CT molecular complexity index is 297. The number of carboxylic acid groups (broad SMARTS) is 1. The molecule has 4 N–H and O–H groups in total. The predicted octanol–water partition coefficient (Wildman–Crippen LogP) is 0.919. The van der Waals surface area contributed by atoms with Crippen molar-refractivity contribution in [2.75, 3.05) is 0 Å². The number of aromatic hydroxyl groups is 1. The minimum Gasteiger partial charge on any atom is -0.507 e. The minimum absolute atomic E-state index is 0. The van der Waals surface area contributed by atoms with Crippen molar-refractivity contribution in [3.8, 4) is 5.75 Å². The maximum absolute atomic E-state index is 10.4. The minimum atomic E-state index is -1.19. The van der Waals surface area contributed by atoms with E-state index in [2.05, 4.69) is 0 Å². The number of hydrogen-bond donors (Lipinski definition) is 2. The number of aromatic carboxylic acids is 1. The van der Waals surface area contributed by atoms with E-state index in [1.165, 1.54) is 18.2 Å². The average molecular weight is 191 g/mol. The predicted molar refractivity (Wildman–Crippen MR) is 43.7 cm³/mol. The normalized spacial score (nSPS) is 8.75. The van der Waals surface area contributed by atoms with Gasteiger partial charge in [-0.15, -0.1) is 0 Å². The van der Waals surface area contributed by atoms with Crippen molar-refractivity contribution < 1.29 is 20.5 Å². The van der Waals surface area contributed by atoms with Gasteiger partial charge in [0.15, 0.2) is 0 Å². The van der Waals surface area contributed by atoms with Crippen LogP contribution in [-0.2, 0) is 0 Å². The van der Waals surface area contributed by atoms with Crippen molar-refractivity contribution in [2.24, 2.45) is 0 Å². The number of halogens is 1. The lowest BCUT2D eigenvalue weighted by molar-refractivity contribution is 0.0693. The molecule has 0 aliphatic carbocycles. The highest BCUT2D eigenvalue weighted by molar-refractivity contribution is 6.31. The summed E-state index contributed by atoms with van der Waals surface area (Å²) in [6.45, 7) is 0. The monoisotopic (exact) mass is 190 g/mol. The molecule has 0 heterocycles. The van der Waals surface area contributed by atoms with Gasteiger partial charge in [0.1, 0.15) is 11.3 Å². The molecule has 1 rings (SSSR count). The van der Waals surface area contributed by atoms with Crippen LogP contribution in [0.25, 0.3) is 0 Å². The fourth-order valence-electron chi connectivity index (χ4n) is 0.680. The maximum atomic E-state index is 10.4. The third-order valence-electron chi connectivity index (χ3n) is 1.19. The van der Waals surface area contributed by atoms with Gasteiger partial charge in [0.25, 0.3) is 0 Å². The smallest absolute Gasteiger partial charge is 0.339 e. The molecule has 0 unspecified atom stereocenters. The topological polar surface area (TPSA) is 89.0 Å². The molecule has 12 heavy (non-hydrogen) atoms. The maximum Gasteiger partial charge on any atom is 0.339 e. The number of rotatable bonds is 1. The molecule has 0 radical (unpaired) electrons. The van der Waals surface area contributed by atoms with Crippen molar-refractivity contribution in [2.45, 2.75) is 0 Å². The van der Waals surface area contributed by atoms with Crippen molar-refractivity contribution in [3.63, 3.8) is 0 Å². The van der Waals surface area contributed by atoms with Crippen LogP contribution in [-0.4, -0.2) is 21.7 Å². The summed E-state index contributed by atoms with van der Waals surface area (Å²) in [5.74, 6) is -1.47. The Morgan fingerprint density at radius 1 is 1.42 bits per heavy atom. The molecular weight excluding hydrogens is 184 g/mol. The second-order valence-corrected chi connectivity index (χ2v) is 2.40. The van der Waals surface area contributed by atoms with Crippen LogP contribution in [0.5, 0.6) is 5.75 Å². The summed E-state index contributed by atoms with van der Waals surface area (Å²) < 4.78 is 0. The van der Waals surface area contributed by atoms with Gasteiger partial charge in [-0.3, -0.25) is 0 Å². The third-order valence-corrected chi connectivity index (χ3v) is 1.42. The zero-order valence-electron chi connectivity index (χ0n) is 5.91. The molecule has 0 spiro atoms. The molecule has 0 saturated carbocycles. The zero-order chi connectivity index (χ0) is 8.43. The summed E-state index contributed by atoms with van der Waals surface area (Å²) in [6, 6.07) is 3.86. The van der Waals surface area contributed by atoms with E-state index in [1.54, 1.807) is 0 Å². The molecule has 0 saturated heterocycles. The summed E-state index contributed by atoms with van der Waals surface area (Å²) in [7, 11) is 0. The SMILES string of the molecule is O.O=C(O)c1cc(Cl)ccc1O. The first-order valence-electron chi connectivity index (χ1n) is 2.83. The molecule has 0 aliphatic rings. The Morgan fingerprint density at radius 2 is 2.00 bits per heavy atom. The Hall–Kier alpha value is -1.26. The van der Waals surface area contributed by atoms with Gasteiger partial charge < -0.3 is 15.7 Å². The van der Waals surface area contributed by atoms with E-state index in [4.69, 9.17) is 21.8 Å². The zero-order valence-corrected chi connectivity index (χ0v) is 6.67. The summed E-state index contributed by atoms with van der Waals surface area (Å²) in [6.07, 6.45) is 0. The lowest BCUT2D eigenvalue weighted by Crippen LogP contribution is -1.95. The van der Waals surface area contributed by atoms with Crippen LogP contribution < -0.4 is 0 Å². The first kappa shape index (κ1) is 10.7. The molecular formula is C7H7ClO4. The molecule has 0 fully saturated rings. The van der Waals surface area contributed by atoms with Gasteiger partial charge in [-0.2, -0.15) is 0 Å². The number of hydrogen-bond acceptors (Lipinski definition) is 2. The largest absolute Gasteiger partial charge is 0.507 e. The average Bonchev–Trinajstić information content (AvgIpc) is 1.94. The summed E-state index contributed by atoms with van der Waals surface area (Å²) in [4.78, 5) is 10.4. The lowest BCUT2D eigenvalue weighted by atomic mass is 10.2. The van der Waals surface area contributed by atoms with E-state index in [0.717, 1.165) is 0 Å². The van der Waals surface area contributed by atoms with Gasteiger partial charge in [-0.25, -0.2) is 4.79 Å². The fourth-order valence-corrected chi connectivity index (χ4v) is 0.852. The van der Waals surface area contributed by atoms with Crippen LogP contribution >= 0.6 is 11.6 Å². The third kappa shape index (κ3) is 2.11. The van der Waals surface area contributed by atoms with Gasteiger partial charge in [0.2, 0.25) is 0 Å². The van der Waals surface area contributed by atoms with Crippen LogP contribution in [0, 0.1) is 0 Å². The van der Waals surface area contributed by atoms with Gasteiger partial charge in [-0.05, 0) is 18.2 Å². The van der Waals surface area contributed by atoms with Crippen molar-refractivity contribution in [1.29, 1.82) is 0 Å². The quantitative estimate of drug-likeness (QED) is 0.690. The van der Waals surface area contributed by atoms with Gasteiger partial charge in [0.05, 0.1) is 0 Å². The lowest BCUT2D eigenvalue weighted by Gasteiger charge is -1.97. The molecule has 0 amide bonds. The van der Waals surface area contributed by atoms with Crippen molar-refractivity contribution in [1.82, 2.24) is 0 Å². The van der Waals surface area contributed by atoms with E-state index in [-0.39, 0.29) is 16.8 Å². The molecule has 0 atom stereocenters. The molecule has 0 aliphatic heterocycles. The van der Waals surface area contributed by atoms with E-state index in [1.807, 2.05) is 0 Å². The van der Waals surface area contributed by atoms with Crippen LogP contribution in [0.1, 0.15) is 10.4 Å². The summed E-state index contributed by atoms with van der Waals surface area (Å²) in [5.41, 5.74) is -0.183. The van der Waals surface area contributed by atoms with E-state index >= 15 is 0 Å². The van der Waals surface area contributed by atoms with Gasteiger partial charge >= 0.3 is 5.97 Å². The molecule has 0 aromatic heterocycles. The number of benzene rings is 1. The Labute approximate surface area is 73.3 Å². The second-order valence-electron chi connectivity index (χ2n) is 1.97. The Morgan fingerprint density at radius 3 is 2.42 bits per heavy atom. The fraction of sp³-hybridized carbons (Fsp3) is 0. The Kier molecular flexibility index (Phi) is 3.53. The van der Waals surface area contributed by atoms with Crippen LogP contribution in [0.4, 0.5) is 0 Å². The number of carbonyl (C=O) groups is 1.